The molecule has 5 heteroatoms. The number of benzene rings is 1. The van der Waals surface area contributed by atoms with Crippen LogP contribution in [-0.4, -0.2) is 31.2 Å². The molecule has 1 aromatic heterocycles. The molecule has 124 valence electrons. The van der Waals surface area contributed by atoms with Gasteiger partial charge in [0, 0.05) is 40.9 Å². The second-order valence-corrected chi connectivity index (χ2v) is 6.65. The van der Waals surface area contributed by atoms with E-state index in [4.69, 9.17) is 22.3 Å². The summed E-state index contributed by atoms with van der Waals surface area (Å²) in [5.41, 5.74) is 10.6. The smallest absolute Gasteiger partial charge is 0.0741 e. The first-order valence-electron chi connectivity index (χ1n) is 8.45. The first-order chi connectivity index (χ1) is 11.2. The zero-order chi connectivity index (χ0) is 16.2. The summed E-state index contributed by atoms with van der Waals surface area (Å²) in [4.78, 5) is 4.86. The topological polar surface area (TPSA) is 63.0 Å². The lowest BCUT2D eigenvalue weighted by atomic mass is 9.92. The molecule has 1 aliphatic rings. The summed E-state index contributed by atoms with van der Waals surface area (Å²) in [7, 11) is 1.96. The highest BCUT2D eigenvalue weighted by Gasteiger charge is 2.18. The molecule has 0 radical (unpaired) electrons. The monoisotopic (exact) mass is 332 g/mol. The van der Waals surface area contributed by atoms with Crippen molar-refractivity contribution in [1.29, 1.82) is 0 Å². The SMILES string of the molecule is CNC(CN)CCNc1c2c(nc3cc(Cl)ccc13)CCCC2. The number of rotatable bonds is 6. The fourth-order valence-corrected chi connectivity index (χ4v) is 3.52. The van der Waals surface area contributed by atoms with E-state index in [0.29, 0.717) is 12.6 Å². The molecule has 1 atom stereocenters. The van der Waals surface area contributed by atoms with E-state index in [-0.39, 0.29) is 0 Å². The second-order valence-electron chi connectivity index (χ2n) is 6.22. The van der Waals surface area contributed by atoms with Gasteiger partial charge in [0.1, 0.15) is 0 Å². The number of hydrogen-bond donors (Lipinski definition) is 3. The molecule has 0 saturated carbocycles. The number of likely N-dealkylation sites (N-methyl/N-ethyl adjacent to an activating group) is 1. The number of pyridine rings is 1. The normalized spacial score (nSPS) is 15.4. The van der Waals surface area contributed by atoms with Gasteiger partial charge in [0.15, 0.2) is 0 Å². The molecule has 0 spiro atoms. The lowest BCUT2D eigenvalue weighted by Gasteiger charge is -2.22. The van der Waals surface area contributed by atoms with Crippen LogP contribution in [0.15, 0.2) is 18.2 Å². The largest absolute Gasteiger partial charge is 0.384 e. The van der Waals surface area contributed by atoms with E-state index >= 15 is 0 Å². The number of aryl methyl sites for hydroxylation is 1. The molecule has 1 aliphatic carbocycles. The third-order valence-electron chi connectivity index (χ3n) is 4.71. The van der Waals surface area contributed by atoms with E-state index in [1.165, 1.54) is 35.2 Å². The van der Waals surface area contributed by atoms with Gasteiger partial charge in [0.2, 0.25) is 0 Å². The Hall–Kier alpha value is -1.36. The summed E-state index contributed by atoms with van der Waals surface area (Å²) in [6.45, 7) is 1.56. The molecule has 4 nitrogen and oxygen atoms in total. The number of halogens is 1. The summed E-state index contributed by atoms with van der Waals surface area (Å²) in [6, 6.07) is 6.34. The van der Waals surface area contributed by atoms with Crippen LogP contribution >= 0.6 is 11.6 Å². The number of nitrogens with one attached hydrogen (secondary N) is 2. The van der Waals surface area contributed by atoms with Crippen molar-refractivity contribution >= 4 is 28.2 Å². The van der Waals surface area contributed by atoms with Crippen LogP contribution < -0.4 is 16.4 Å². The van der Waals surface area contributed by atoms with Crippen LogP contribution in [-0.2, 0) is 12.8 Å². The Labute approximate surface area is 142 Å². The fourth-order valence-electron chi connectivity index (χ4n) is 3.35. The van der Waals surface area contributed by atoms with E-state index in [1.807, 2.05) is 19.2 Å². The Morgan fingerprint density at radius 1 is 1.30 bits per heavy atom. The molecule has 4 N–H and O–H groups in total. The molecule has 0 saturated heterocycles. The Bertz CT molecular complexity index is 682. The van der Waals surface area contributed by atoms with Crippen LogP contribution in [0.5, 0.6) is 0 Å². The number of fused-ring (bicyclic) bond motifs is 2. The van der Waals surface area contributed by atoms with Crippen molar-refractivity contribution in [2.75, 3.05) is 25.5 Å². The third kappa shape index (κ3) is 3.60. The highest BCUT2D eigenvalue weighted by molar-refractivity contribution is 6.31. The molecule has 3 rings (SSSR count). The van der Waals surface area contributed by atoms with E-state index in [1.54, 1.807) is 0 Å². The van der Waals surface area contributed by atoms with Crippen LogP contribution in [0.25, 0.3) is 10.9 Å². The third-order valence-corrected chi connectivity index (χ3v) is 4.95. The first-order valence-corrected chi connectivity index (χ1v) is 8.83. The van der Waals surface area contributed by atoms with E-state index < -0.39 is 0 Å². The molecular formula is C18H25ClN4. The number of nitrogens with two attached hydrogens (primary N) is 1. The molecular weight excluding hydrogens is 308 g/mol. The molecule has 2 aromatic rings. The first kappa shape index (κ1) is 16.5. The molecule has 0 aliphatic heterocycles. The quantitative estimate of drug-likeness (QED) is 0.760. The zero-order valence-electron chi connectivity index (χ0n) is 13.7. The summed E-state index contributed by atoms with van der Waals surface area (Å²) < 4.78 is 0. The maximum atomic E-state index is 6.16. The van der Waals surface area contributed by atoms with Crippen LogP contribution in [0.2, 0.25) is 5.02 Å². The maximum absolute atomic E-state index is 6.16. The molecule has 0 fully saturated rings. The molecule has 1 heterocycles. The fraction of sp³-hybridized carbons (Fsp3) is 0.500. The lowest BCUT2D eigenvalue weighted by molar-refractivity contribution is 0.545. The summed E-state index contributed by atoms with van der Waals surface area (Å²) in [6.07, 6.45) is 5.63. The highest BCUT2D eigenvalue weighted by atomic mass is 35.5. The number of hydrogen-bond acceptors (Lipinski definition) is 4. The minimum atomic E-state index is 0.348. The van der Waals surface area contributed by atoms with Crippen molar-refractivity contribution in [3.05, 3.63) is 34.5 Å². The van der Waals surface area contributed by atoms with Crippen LogP contribution in [0.4, 0.5) is 5.69 Å². The predicted molar refractivity (Wildman–Crippen MR) is 98.4 cm³/mol. The minimum Gasteiger partial charge on any atom is -0.384 e. The lowest BCUT2D eigenvalue weighted by Crippen LogP contribution is -2.34. The number of aromatic nitrogens is 1. The molecule has 0 bridgehead atoms. The van der Waals surface area contributed by atoms with Gasteiger partial charge >= 0.3 is 0 Å². The minimum absolute atomic E-state index is 0.348. The number of anilines is 1. The van der Waals surface area contributed by atoms with Crippen molar-refractivity contribution in [1.82, 2.24) is 10.3 Å². The van der Waals surface area contributed by atoms with Crippen molar-refractivity contribution in [2.45, 2.75) is 38.1 Å². The average Bonchev–Trinajstić information content (AvgIpc) is 2.57. The Balaban J connectivity index is 1.93. The maximum Gasteiger partial charge on any atom is 0.0741 e. The Kier molecular flexibility index (Phi) is 5.36. The Morgan fingerprint density at radius 3 is 2.91 bits per heavy atom. The van der Waals surface area contributed by atoms with Crippen LogP contribution in [0.1, 0.15) is 30.5 Å². The molecule has 1 aromatic carbocycles. The standard InChI is InChI=1S/C18H25ClN4/c1-21-13(11-20)8-9-22-18-14-4-2-3-5-16(14)23-17-10-12(19)6-7-15(17)18/h6-7,10,13,21H,2-5,8-9,11,20H2,1H3,(H,22,23). The van der Waals surface area contributed by atoms with Gasteiger partial charge in [-0.25, -0.2) is 0 Å². The summed E-state index contributed by atoms with van der Waals surface area (Å²) in [5.74, 6) is 0. The van der Waals surface area contributed by atoms with Gasteiger partial charge in [-0.05, 0) is 62.9 Å². The van der Waals surface area contributed by atoms with Gasteiger partial charge in [-0.1, -0.05) is 11.6 Å². The average molecular weight is 333 g/mol. The van der Waals surface area contributed by atoms with Crippen LogP contribution in [0, 0.1) is 0 Å². The van der Waals surface area contributed by atoms with Gasteiger partial charge < -0.3 is 16.4 Å². The van der Waals surface area contributed by atoms with Crippen molar-refractivity contribution in [3.8, 4) is 0 Å². The summed E-state index contributed by atoms with van der Waals surface area (Å²) >= 11 is 6.16. The van der Waals surface area contributed by atoms with Crippen LogP contribution in [0.3, 0.4) is 0 Å². The van der Waals surface area contributed by atoms with Gasteiger partial charge in [-0.3, -0.25) is 4.98 Å². The van der Waals surface area contributed by atoms with Crippen molar-refractivity contribution < 1.29 is 0 Å². The highest BCUT2D eigenvalue weighted by Crippen LogP contribution is 2.34. The number of nitrogens with zero attached hydrogens (tertiary/aromatic N) is 1. The molecule has 23 heavy (non-hydrogen) atoms. The van der Waals surface area contributed by atoms with Gasteiger partial charge in [0.25, 0.3) is 0 Å². The summed E-state index contributed by atoms with van der Waals surface area (Å²) in [5, 5.41) is 8.82. The zero-order valence-corrected chi connectivity index (χ0v) is 14.4. The van der Waals surface area contributed by atoms with Gasteiger partial charge in [0.05, 0.1) is 5.52 Å². The van der Waals surface area contributed by atoms with Gasteiger partial charge in [-0.2, -0.15) is 0 Å². The molecule has 1 unspecified atom stereocenters. The van der Waals surface area contributed by atoms with E-state index in [2.05, 4.69) is 16.7 Å². The Morgan fingerprint density at radius 2 is 2.13 bits per heavy atom. The van der Waals surface area contributed by atoms with Crippen molar-refractivity contribution in [2.24, 2.45) is 5.73 Å². The van der Waals surface area contributed by atoms with Gasteiger partial charge in [-0.15, -0.1) is 0 Å². The van der Waals surface area contributed by atoms with Crippen molar-refractivity contribution in [3.63, 3.8) is 0 Å². The van der Waals surface area contributed by atoms with E-state index in [9.17, 15) is 0 Å². The predicted octanol–water partition coefficient (Wildman–Crippen LogP) is 3.12. The van der Waals surface area contributed by atoms with E-state index in [0.717, 1.165) is 36.3 Å². The second kappa shape index (κ2) is 7.47. The molecule has 0 amide bonds.